The van der Waals surface area contributed by atoms with Crippen molar-refractivity contribution in [3.05, 3.63) is 29.8 Å². The van der Waals surface area contributed by atoms with Gasteiger partial charge in [-0.1, -0.05) is 19.1 Å². The van der Waals surface area contributed by atoms with Gasteiger partial charge in [-0.15, -0.1) is 0 Å². The monoisotopic (exact) mass is 235 g/mol. The SMILES string of the molecule is CCCOc1ccccc1C(=O)NC(C)(C)C. The molecule has 1 aromatic carbocycles. The number of rotatable bonds is 4. The molecule has 0 heterocycles. The van der Waals surface area contributed by atoms with E-state index in [1.165, 1.54) is 0 Å². The van der Waals surface area contributed by atoms with Crippen LogP contribution in [-0.2, 0) is 0 Å². The summed E-state index contributed by atoms with van der Waals surface area (Å²) >= 11 is 0. The fraction of sp³-hybridized carbons (Fsp3) is 0.500. The van der Waals surface area contributed by atoms with Gasteiger partial charge in [-0.2, -0.15) is 0 Å². The smallest absolute Gasteiger partial charge is 0.255 e. The number of hydrogen-bond acceptors (Lipinski definition) is 2. The van der Waals surface area contributed by atoms with Crippen LogP contribution in [0, 0.1) is 0 Å². The van der Waals surface area contributed by atoms with Crippen molar-refractivity contribution >= 4 is 5.91 Å². The van der Waals surface area contributed by atoms with Crippen LogP contribution in [0.1, 0.15) is 44.5 Å². The molecule has 0 aliphatic carbocycles. The van der Waals surface area contributed by atoms with Crippen molar-refractivity contribution < 1.29 is 9.53 Å². The van der Waals surface area contributed by atoms with Gasteiger partial charge in [0, 0.05) is 5.54 Å². The van der Waals surface area contributed by atoms with Crippen molar-refractivity contribution in [1.82, 2.24) is 5.32 Å². The maximum absolute atomic E-state index is 12.1. The Balaban J connectivity index is 2.85. The molecule has 0 bridgehead atoms. The summed E-state index contributed by atoms with van der Waals surface area (Å²) in [5.41, 5.74) is 0.352. The van der Waals surface area contributed by atoms with E-state index in [2.05, 4.69) is 5.32 Å². The van der Waals surface area contributed by atoms with Crippen molar-refractivity contribution in [2.45, 2.75) is 39.7 Å². The van der Waals surface area contributed by atoms with Gasteiger partial charge in [0.05, 0.1) is 12.2 Å². The molecule has 1 rings (SSSR count). The van der Waals surface area contributed by atoms with E-state index in [1.807, 2.05) is 45.9 Å². The molecule has 0 saturated heterocycles. The van der Waals surface area contributed by atoms with Crippen molar-refractivity contribution in [3.8, 4) is 5.75 Å². The first kappa shape index (κ1) is 13.6. The molecule has 1 aromatic rings. The summed E-state index contributed by atoms with van der Waals surface area (Å²) in [6.45, 7) is 8.54. The first-order chi connectivity index (χ1) is 7.94. The van der Waals surface area contributed by atoms with Crippen LogP contribution in [0.5, 0.6) is 5.75 Å². The van der Waals surface area contributed by atoms with Crippen molar-refractivity contribution in [3.63, 3.8) is 0 Å². The first-order valence-electron chi connectivity index (χ1n) is 5.98. The second-order valence-electron chi connectivity index (χ2n) is 5.05. The minimum Gasteiger partial charge on any atom is -0.493 e. The molecule has 0 aromatic heterocycles. The number of benzene rings is 1. The van der Waals surface area contributed by atoms with Crippen LogP contribution in [0.3, 0.4) is 0 Å². The predicted molar refractivity (Wildman–Crippen MR) is 69.4 cm³/mol. The summed E-state index contributed by atoms with van der Waals surface area (Å²) in [4.78, 5) is 12.1. The largest absolute Gasteiger partial charge is 0.493 e. The van der Waals surface area contributed by atoms with Gasteiger partial charge >= 0.3 is 0 Å². The van der Waals surface area contributed by atoms with Gasteiger partial charge in [0.1, 0.15) is 5.75 Å². The fourth-order valence-corrected chi connectivity index (χ4v) is 1.40. The van der Waals surface area contributed by atoms with Crippen molar-refractivity contribution in [1.29, 1.82) is 0 Å². The normalized spacial score (nSPS) is 11.1. The lowest BCUT2D eigenvalue weighted by Crippen LogP contribution is -2.40. The van der Waals surface area contributed by atoms with Crippen LogP contribution in [0.15, 0.2) is 24.3 Å². The summed E-state index contributed by atoms with van der Waals surface area (Å²) in [5.74, 6) is 0.556. The lowest BCUT2D eigenvalue weighted by molar-refractivity contribution is 0.0915. The van der Waals surface area contributed by atoms with E-state index >= 15 is 0 Å². The number of amides is 1. The van der Waals surface area contributed by atoms with E-state index in [9.17, 15) is 4.79 Å². The number of carbonyl (C=O) groups is 1. The predicted octanol–water partition coefficient (Wildman–Crippen LogP) is 3.00. The Hall–Kier alpha value is -1.51. The lowest BCUT2D eigenvalue weighted by atomic mass is 10.1. The maximum Gasteiger partial charge on any atom is 0.255 e. The zero-order chi connectivity index (χ0) is 12.9. The summed E-state index contributed by atoms with van der Waals surface area (Å²) in [6.07, 6.45) is 0.926. The number of hydrogen-bond donors (Lipinski definition) is 1. The second-order valence-corrected chi connectivity index (χ2v) is 5.05. The van der Waals surface area contributed by atoms with Crippen LogP contribution in [0.25, 0.3) is 0 Å². The minimum absolute atomic E-state index is 0.0933. The first-order valence-corrected chi connectivity index (χ1v) is 5.98. The fourth-order valence-electron chi connectivity index (χ4n) is 1.40. The summed E-state index contributed by atoms with van der Waals surface area (Å²) < 4.78 is 5.56. The molecular formula is C14H21NO2. The Bertz CT molecular complexity index is 380. The molecule has 0 spiro atoms. The Morgan fingerprint density at radius 1 is 1.29 bits per heavy atom. The molecule has 0 saturated carbocycles. The highest BCUT2D eigenvalue weighted by atomic mass is 16.5. The van der Waals surface area contributed by atoms with Crippen LogP contribution in [0.4, 0.5) is 0 Å². The quantitative estimate of drug-likeness (QED) is 0.871. The Kier molecular flexibility index (Phi) is 4.55. The topological polar surface area (TPSA) is 38.3 Å². The van der Waals surface area contributed by atoms with Crippen LogP contribution >= 0.6 is 0 Å². The highest BCUT2D eigenvalue weighted by molar-refractivity contribution is 5.97. The third kappa shape index (κ3) is 4.47. The van der Waals surface area contributed by atoms with Gasteiger partial charge in [-0.3, -0.25) is 4.79 Å². The standard InChI is InChI=1S/C14H21NO2/c1-5-10-17-12-9-7-6-8-11(12)13(16)15-14(2,3)4/h6-9H,5,10H2,1-4H3,(H,15,16). The Morgan fingerprint density at radius 3 is 2.53 bits per heavy atom. The molecule has 94 valence electrons. The molecule has 17 heavy (non-hydrogen) atoms. The molecule has 0 aliphatic rings. The number of ether oxygens (including phenoxy) is 1. The zero-order valence-electron chi connectivity index (χ0n) is 11.0. The van der Waals surface area contributed by atoms with Crippen LogP contribution < -0.4 is 10.1 Å². The van der Waals surface area contributed by atoms with E-state index in [0.717, 1.165) is 6.42 Å². The molecule has 3 nitrogen and oxygen atoms in total. The highest BCUT2D eigenvalue weighted by Crippen LogP contribution is 2.18. The van der Waals surface area contributed by atoms with E-state index < -0.39 is 0 Å². The van der Waals surface area contributed by atoms with E-state index in [4.69, 9.17) is 4.74 Å². The zero-order valence-corrected chi connectivity index (χ0v) is 11.0. The average Bonchev–Trinajstić information content (AvgIpc) is 2.24. The molecule has 0 atom stereocenters. The highest BCUT2D eigenvalue weighted by Gasteiger charge is 2.18. The van der Waals surface area contributed by atoms with E-state index in [0.29, 0.717) is 17.9 Å². The second kappa shape index (κ2) is 5.71. The number of carbonyl (C=O) groups excluding carboxylic acids is 1. The summed E-state index contributed by atoms with van der Waals surface area (Å²) in [5, 5.41) is 2.93. The average molecular weight is 235 g/mol. The Morgan fingerprint density at radius 2 is 1.94 bits per heavy atom. The van der Waals surface area contributed by atoms with Gasteiger partial charge in [-0.05, 0) is 39.3 Å². The molecule has 3 heteroatoms. The van der Waals surface area contributed by atoms with Crippen LogP contribution in [-0.4, -0.2) is 18.1 Å². The van der Waals surface area contributed by atoms with Gasteiger partial charge in [0.15, 0.2) is 0 Å². The summed E-state index contributed by atoms with van der Waals surface area (Å²) in [6, 6.07) is 7.33. The molecule has 0 fully saturated rings. The van der Waals surface area contributed by atoms with Gasteiger partial charge in [-0.25, -0.2) is 0 Å². The molecule has 0 radical (unpaired) electrons. The maximum atomic E-state index is 12.1. The summed E-state index contributed by atoms with van der Waals surface area (Å²) in [7, 11) is 0. The lowest BCUT2D eigenvalue weighted by Gasteiger charge is -2.21. The van der Waals surface area contributed by atoms with Crippen molar-refractivity contribution in [2.24, 2.45) is 0 Å². The molecule has 0 aliphatic heterocycles. The molecular weight excluding hydrogens is 214 g/mol. The number of nitrogens with one attached hydrogen (secondary N) is 1. The Labute approximate surface area is 103 Å². The third-order valence-electron chi connectivity index (χ3n) is 2.08. The van der Waals surface area contributed by atoms with Crippen molar-refractivity contribution in [2.75, 3.05) is 6.61 Å². The third-order valence-corrected chi connectivity index (χ3v) is 2.08. The van der Waals surface area contributed by atoms with Crippen LogP contribution in [0.2, 0.25) is 0 Å². The van der Waals surface area contributed by atoms with Gasteiger partial charge in [0.25, 0.3) is 5.91 Å². The van der Waals surface area contributed by atoms with Gasteiger partial charge in [0.2, 0.25) is 0 Å². The van der Waals surface area contributed by atoms with E-state index in [1.54, 1.807) is 6.07 Å². The number of para-hydroxylation sites is 1. The molecule has 1 N–H and O–H groups in total. The molecule has 0 unspecified atom stereocenters. The van der Waals surface area contributed by atoms with E-state index in [-0.39, 0.29) is 11.4 Å². The van der Waals surface area contributed by atoms with Gasteiger partial charge < -0.3 is 10.1 Å². The molecule has 1 amide bonds. The minimum atomic E-state index is -0.241.